The monoisotopic (exact) mass is 355 g/mol. The fourth-order valence-corrected chi connectivity index (χ4v) is 1.78. The molecule has 2 heterocycles. The third-order valence-corrected chi connectivity index (χ3v) is 2.98. The molecule has 0 radical (unpaired) electrons. The van der Waals surface area contributed by atoms with Crippen LogP contribution in [0.15, 0.2) is 24.4 Å². The van der Waals surface area contributed by atoms with Gasteiger partial charge < -0.3 is 19.9 Å². The van der Waals surface area contributed by atoms with E-state index in [-0.39, 0.29) is 47.3 Å². The molecule has 0 fully saturated rings. The zero-order valence-electron chi connectivity index (χ0n) is 12.8. The number of nitrogen functional groups attached to an aromatic ring is 1. The van der Waals surface area contributed by atoms with Gasteiger partial charge in [-0.05, 0) is 19.1 Å². The normalized spacial score (nSPS) is 10.5. The summed E-state index contributed by atoms with van der Waals surface area (Å²) < 4.78 is 29.1. The standard InChI is InChI=1S/C15H15ClFN3O4/c1-2-22-7-9(21)8-23-15-12(4-3-5-19-15)24-14-10(16)6-11(17)13(18)20-14/h3-6H,2,7-8H2,1H3,(H2,18,20). The van der Waals surface area contributed by atoms with Gasteiger partial charge in [-0.3, -0.25) is 4.79 Å². The lowest BCUT2D eigenvalue weighted by Gasteiger charge is -2.11. The fraction of sp³-hybridized carbons (Fsp3) is 0.267. The van der Waals surface area contributed by atoms with Crippen LogP contribution in [0.5, 0.6) is 17.5 Å². The summed E-state index contributed by atoms with van der Waals surface area (Å²) in [7, 11) is 0. The van der Waals surface area contributed by atoms with Gasteiger partial charge in [0, 0.05) is 18.9 Å². The highest BCUT2D eigenvalue weighted by Gasteiger charge is 2.15. The quantitative estimate of drug-likeness (QED) is 0.777. The lowest BCUT2D eigenvalue weighted by atomic mass is 10.4. The van der Waals surface area contributed by atoms with Crippen molar-refractivity contribution in [2.75, 3.05) is 25.6 Å². The molecule has 0 spiro atoms. The number of Topliss-reactive ketones (excluding diaryl/α,β-unsaturated/α-hetero) is 1. The van der Waals surface area contributed by atoms with Crippen molar-refractivity contribution in [1.82, 2.24) is 9.97 Å². The Morgan fingerprint density at radius 2 is 2.17 bits per heavy atom. The molecule has 2 rings (SSSR count). The minimum atomic E-state index is -0.753. The lowest BCUT2D eigenvalue weighted by Crippen LogP contribution is -2.17. The molecule has 2 N–H and O–H groups in total. The number of carbonyl (C=O) groups excluding carboxylic acids is 1. The van der Waals surface area contributed by atoms with Crippen LogP contribution in [0.4, 0.5) is 10.2 Å². The van der Waals surface area contributed by atoms with E-state index in [1.54, 1.807) is 13.0 Å². The molecule has 0 aliphatic carbocycles. The van der Waals surface area contributed by atoms with Crippen LogP contribution in [-0.2, 0) is 9.53 Å². The molecule has 128 valence electrons. The highest BCUT2D eigenvalue weighted by molar-refractivity contribution is 6.31. The second-order valence-electron chi connectivity index (χ2n) is 4.52. The SMILES string of the molecule is CCOCC(=O)COc1ncccc1Oc1nc(N)c(F)cc1Cl. The Morgan fingerprint density at radius 3 is 2.92 bits per heavy atom. The molecule has 0 atom stereocenters. The Bertz CT molecular complexity index is 730. The van der Waals surface area contributed by atoms with Crippen molar-refractivity contribution in [2.45, 2.75) is 6.92 Å². The number of nitrogens with zero attached hydrogens (tertiary/aromatic N) is 2. The first-order chi connectivity index (χ1) is 11.5. The van der Waals surface area contributed by atoms with Crippen LogP contribution in [0, 0.1) is 5.82 Å². The number of pyridine rings is 2. The van der Waals surface area contributed by atoms with Crippen molar-refractivity contribution in [3.8, 4) is 17.5 Å². The predicted octanol–water partition coefficient (Wildman–Crippen LogP) is 2.63. The van der Waals surface area contributed by atoms with Gasteiger partial charge in [-0.25, -0.2) is 9.37 Å². The van der Waals surface area contributed by atoms with Gasteiger partial charge in [-0.2, -0.15) is 4.98 Å². The van der Waals surface area contributed by atoms with Gasteiger partial charge in [0.15, 0.2) is 29.8 Å². The van der Waals surface area contributed by atoms with Crippen LogP contribution in [0.1, 0.15) is 6.92 Å². The number of anilines is 1. The van der Waals surface area contributed by atoms with E-state index in [2.05, 4.69) is 9.97 Å². The Balaban J connectivity index is 2.12. The smallest absolute Gasteiger partial charge is 0.258 e. The summed E-state index contributed by atoms with van der Waals surface area (Å²) in [6, 6.07) is 4.11. The third kappa shape index (κ3) is 4.77. The van der Waals surface area contributed by atoms with Crippen LogP contribution in [0.3, 0.4) is 0 Å². The molecule has 9 heteroatoms. The summed E-state index contributed by atoms with van der Waals surface area (Å²) in [6.07, 6.45) is 1.46. The first-order valence-corrected chi connectivity index (χ1v) is 7.35. The average Bonchev–Trinajstić information content (AvgIpc) is 2.57. The summed E-state index contributed by atoms with van der Waals surface area (Å²) in [5.74, 6) is -1.25. The second kappa shape index (κ2) is 8.42. The van der Waals surface area contributed by atoms with E-state index < -0.39 is 5.82 Å². The molecule has 0 amide bonds. The van der Waals surface area contributed by atoms with Gasteiger partial charge in [-0.1, -0.05) is 11.6 Å². The van der Waals surface area contributed by atoms with E-state index in [0.29, 0.717) is 6.61 Å². The van der Waals surface area contributed by atoms with E-state index in [4.69, 9.17) is 31.5 Å². The molecule has 24 heavy (non-hydrogen) atoms. The Labute approximate surface area is 142 Å². The molecule has 7 nitrogen and oxygen atoms in total. The highest BCUT2D eigenvalue weighted by atomic mass is 35.5. The molecule has 0 bridgehead atoms. The number of ether oxygens (including phenoxy) is 3. The molecular weight excluding hydrogens is 341 g/mol. The minimum Gasteiger partial charge on any atom is -0.467 e. The number of hydrogen-bond acceptors (Lipinski definition) is 7. The average molecular weight is 356 g/mol. The van der Waals surface area contributed by atoms with Crippen molar-refractivity contribution in [2.24, 2.45) is 0 Å². The van der Waals surface area contributed by atoms with E-state index in [9.17, 15) is 9.18 Å². The first kappa shape index (κ1) is 17.9. The van der Waals surface area contributed by atoms with Gasteiger partial charge in [0.1, 0.15) is 11.6 Å². The zero-order valence-corrected chi connectivity index (χ0v) is 13.5. The largest absolute Gasteiger partial charge is 0.467 e. The molecular formula is C15H15ClFN3O4. The summed E-state index contributed by atoms with van der Waals surface area (Å²) in [4.78, 5) is 19.3. The fourth-order valence-electron chi connectivity index (χ4n) is 1.61. The minimum absolute atomic E-state index is 0.0542. The van der Waals surface area contributed by atoms with Gasteiger partial charge >= 0.3 is 0 Å². The van der Waals surface area contributed by atoms with Crippen LogP contribution >= 0.6 is 11.6 Å². The number of ketones is 1. The van der Waals surface area contributed by atoms with Crippen molar-refractivity contribution in [3.05, 3.63) is 35.2 Å². The van der Waals surface area contributed by atoms with E-state index in [1.807, 2.05) is 0 Å². The van der Waals surface area contributed by atoms with Crippen LogP contribution in [0.2, 0.25) is 5.02 Å². The van der Waals surface area contributed by atoms with Gasteiger partial charge in [0.2, 0.25) is 5.88 Å². The maximum atomic E-state index is 13.3. The van der Waals surface area contributed by atoms with Crippen molar-refractivity contribution in [3.63, 3.8) is 0 Å². The van der Waals surface area contributed by atoms with Crippen molar-refractivity contribution >= 4 is 23.2 Å². The summed E-state index contributed by atoms with van der Waals surface area (Å²) in [5.41, 5.74) is 5.40. The van der Waals surface area contributed by atoms with Crippen LogP contribution in [0.25, 0.3) is 0 Å². The van der Waals surface area contributed by atoms with Crippen LogP contribution in [-0.4, -0.2) is 35.6 Å². The molecule has 0 unspecified atom stereocenters. The molecule has 0 saturated heterocycles. The Morgan fingerprint density at radius 1 is 1.38 bits per heavy atom. The first-order valence-electron chi connectivity index (χ1n) is 6.98. The number of rotatable bonds is 8. The van der Waals surface area contributed by atoms with Gasteiger partial charge in [0.05, 0.1) is 0 Å². The molecule has 0 aliphatic heterocycles. The highest BCUT2D eigenvalue weighted by Crippen LogP contribution is 2.33. The van der Waals surface area contributed by atoms with Gasteiger partial charge in [0.25, 0.3) is 5.88 Å². The number of halogens is 2. The summed E-state index contributed by atoms with van der Waals surface area (Å²) in [6.45, 7) is 1.92. The van der Waals surface area contributed by atoms with Crippen LogP contribution < -0.4 is 15.2 Å². The maximum absolute atomic E-state index is 13.3. The predicted molar refractivity (Wildman–Crippen MR) is 84.9 cm³/mol. The number of carbonyl (C=O) groups is 1. The van der Waals surface area contributed by atoms with Gasteiger partial charge in [-0.15, -0.1) is 0 Å². The Hall–Kier alpha value is -2.45. The molecule has 2 aromatic rings. The second-order valence-corrected chi connectivity index (χ2v) is 4.92. The summed E-state index contributed by atoms with van der Waals surface area (Å²) in [5, 5.41) is -0.0658. The van der Waals surface area contributed by atoms with E-state index in [1.165, 1.54) is 12.3 Å². The van der Waals surface area contributed by atoms with E-state index >= 15 is 0 Å². The van der Waals surface area contributed by atoms with E-state index in [0.717, 1.165) is 6.07 Å². The topological polar surface area (TPSA) is 96.6 Å². The summed E-state index contributed by atoms with van der Waals surface area (Å²) >= 11 is 5.87. The molecule has 2 aromatic heterocycles. The number of hydrogen-bond donors (Lipinski definition) is 1. The number of nitrogens with two attached hydrogens (primary N) is 1. The van der Waals surface area contributed by atoms with Crippen molar-refractivity contribution < 1.29 is 23.4 Å². The molecule has 0 aromatic carbocycles. The third-order valence-electron chi connectivity index (χ3n) is 2.70. The lowest BCUT2D eigenvalue weighted by molar-refractivity contribution is -0.125. The molecule has 0 saturated carbocycles. The van der Waals surface area contributed by atoms with Crippen molar-refractivity contribution in [1.29, 1.82) is 0 Å². The molecule has 0 aliphatic rings. The maximum Gasteiger partial charge on any atom is 0.258 e. The zero-order chi connectivity index (χ0) is 17.5. The Kier molecular flexibility index (Phi) is 6.28. The number of aromatic nitrogens is 2.